The van der Waals surface area contributed by atoms with Crippen molar-refractivity contribution in [2.75, 3.05) is 39.4 Å². The van der Waals surface area contributed by atoms with Crippen LogP contribution in [-0.4, -0.2) is 71.0 Å². The van der Waals surface area contributed by atoms with Crippen LogP contribution in [-0.2, 0) is 22.2 Å². The molecule has 1 aliphatic heterocycles. The molecule has 0 saturated carbocycles. The van der Waals surface area contributed by atoms with Gasteiger partial charge in [-0.3, -0.25) is 9.69 Å². The van der Waals surface area contributed by atoms with Gasteiger partial charge >= 0.3 is 6.18 Å². The zero-order valence-corrected chi connectivity index (χ0v) is 13.3. The minimum atomic E-state index is -5.02. The molecule has 1 aromatic rings. The third-order valence-corrected chi connectivity index (χ3v) is 3.93. The molecule has 1 aromatic heterocycles. The third kappa shape index (κ3) is 4.25. The molecule has 1 amide bonds. The number of nitrogens with zero attached hydrogens (tertiary/aromatic N) is 3. The second-order valence-electron chi connectivity index (χ2n) is 5.70. The Morgan fingerprint density at radius 3 is 2.62 bits per heavy atom. The Balaban J connectivity index is 1.94. The van der Waals surface area contributed by atoms with Crippen molar-refractivity contribution in [2.24, 2.45) is 7.05 Å². The first kappa shape index (κ1) is 18.7. The van der Waals surface area contributed by atoms with E-state index < -0.39 is 29.9 Å². The number of hydrogen-bond donors (Lipinski definition) is 2. The molecule has 2 N–H and O–H groups in total. The summed E-state index contributed by atoms with van der Waals surface area (Å²) in [6, 6.07) is 0. The summed E-state index contributed by atoms with van der Waals surface area (Å²) in [5.41, 5.74) is -3.33. The Labute approximate surface area is 137 Å². The Bertz CT molecular complexity index is 558. The molecule has 1 aliphatic rings. The van der Waals surface area contributed by atoms with E-state index in [-0.39, 0.29) is 6.54 Å². The molecule has 1 atom stereocenters. The van der Waals surface area contributed by atoms with Gasteiger partial charge in [0.2, 0.25) is 11.5 Å². The van der Waals surface area contributed by atoms with Gasteiger partial charge < -0.3 is 19.7 Å². The van der Waals surface area contributed by atoms with Gasteiger partial charge in [-0.05, 0) is 0 Å². The number of carbonyl (C=O) groups is 1. The summed E-state index contributed by atoms with van der Waals surface area (Å²) >= 11 is 0. The van der Waals surface area contributed by atoms with Crippen molar-refractivity contribution in [1.29, 1.82) is 0 Å². The monoisotopic (exact) mass is 350 g/mol. The maximum absolute atomic E-state index is 13.3. The number of hydrogen-bond acceptors (Lipinski definition) is 5. The summed E-state index contributed by atoms with van der Waals surface area (Å²) in [5, 5.41) is 12.5. The largest absolute Gasteiger partial charge is 0.425 e. The Hall–Kier alpha value is -1.65. The van der Waals surface area contributed by atoms with Gasteiger partial charge in [0.1, 0.15) is 0 Å². The number of aromatic nitrogens is 2. The molecular formula is C14H21F3N4O3. The van der Waals surface area contributed by atoms with Crippen LogP contribution in [0, 0.1) is 0 Å². The molecule has 0 aliphatic carbocycles. The molecule has 7 nitrogen and oxygen atoms in total. The fourth-order valence-electron chi connectivity index (χ4n) is 2.54. The fourth-order valence-corrected chi connectivity index (χ4v) is 2.54. The number of imidazole rings is 1. The minimum absolute atomic E-state index is 0.202. The quantitative estimate of drug-likeness (QED) is 0.756. The highest BCUT2D eigenvalue weighted by Gasteiger charge is 2.58. The second-order valence-corrected chi connectivity index (χ2v) is 5.70. The predicted molar refractivity (Wildman–Crippen MR) is 78.0 cm³/mol. The molecule has 1 fully saturated rings. The van der Waals surface area contributed by atoms with E-state index in [4.69, 9.17) is 4.74 Å². The highest BCUT2D eigenvalue weighted by Crippen LogP contribution is 2.40. The number of aryl methyl sites for hydroxylation is 1. The van der Waals surface area contributed by atoms with Crippen LogP contribution in [0.2, 0.25) is 0 Å². The number of nitrogens with one attached hydrogen (secondary N) is 1. The molecule has 0 aromatic carbocycles. The summed E-state index contributed by atoms with van der Waals surface area (Å²) in [4.78, 5) is 17.5. The van der Waals surface area contributed by atoms with Crippen molar-refractivity contribution in [2.45, 2.75) is 18.2 Å². The number of halogens is 3. The average Bonchev–Trinajstić information content (AvgIpc) is 2.93. The van der Waals surface area contributed by atoms with E-state index in [0.717, 1.165) is 23.9 Å². The summed E-state index contributed by atoms with van der Waals surface area (Å²) < 4.78 is 46.2. The number of rotatable bonds is 6. The molecule has 2 heterocycles. The normalized spacial score (nSPS) is 19.0. The summed E-state index contributed by atoms with van der Waals surface area (Å²) in [7, 11) is 1.33. The maximum Gasteiger partial charge on any atom is 0.425 e. The first-order valence-electron chi connectivity index (χ1n) is 7.58. The molecule has 2 rings (SSSR count). The third-order valence-electron chi connectivity index (χ3n) is 3.93. The summed E-state index contributed by atoms with van der Waals surface area (Å²) in [6.45, 7) is 3.35. The predicted octanol–water partition coefficient (Wildman–Crippen LogP) is 0.00850. The van der Waals surface area contributed by atoms with E-state index in [0.29, 0.717) is 19.8 Å². The van der Waals surface area contributed by atoms with Gasteiger partial charge in [-0.25, -0.2) is 4.98 Å². The van der Waals surface area contributed by atoms with Crippen LogP contribution >= 0.6 is 0 Å². The van der Waals surface area contributed by atoms with Crippen molar-refractivity contribution in [1.82, 2.24) is 19.8 Å². The molecule has 136 valence electrons. The standard InChI is InChI=1S/C14H21F3N4O3/c1-20-4-2-19-12(20)13(23,14(15,16)17)10-11(22)18-3-5-21-6-8-24-9-7-21/h2,4,23H,3,5-10H2,1H3,(H,18,22)/t13-/m0/s1. The number of amides is 1. The average molecular weight is 350 g/mol. The Morgan fingerprint density at radius 1 is 1.42 bits per heavy atom. The summed E-state index contributed by atoms with van der Waals surface area (Å²) in [5.74, 6) is -1.50. The van der Waals surface area contributed by atoms with Gasteiger partial charge in [-0.15, -0.1) is 0 Å². The number of carbonyl (C=O) groups excluding carboxylic acids is 1. The number of morpholine rings is 1. The smallest absolute Gasteiger partial charge is 0.379 e. The lowest BCUT2D eigenvalue weighted by atomic mass is 9.97. The minimum Gasteiger partial charge on any atom is -0.379 e. The molecule has 24 heavy (non-hydrogen) atoms. The van der Waals surface area contributed by atoms with Crippen LogP contribution in [0.3, 0.4) is 0 Å². The molecule has 0 bridgehead atoms. The van der Waals surface area contributed by atoms with E-state index in [1.54, 1.807) is 0 Å². The van der Waals surface area contributed by atoms with Gasteiger partial charge in [0.15, 0.2) is 5.82 Å². The molecule has 0 spiro atoms. The fraction of sp³-hybridized carbons (Fsp3) is 0.714. The van der Waals surface area contributed by atoms with Crippen molar-refractivity contribution in [3.05, 3.63) is 18.2 Å². The van der Waals surface area contributed by atoms with Crippen LogP contribution in [0.4, 0.5) is 13.2 Å². The molecule has 0 radical (unpaired) electrons. The van der Waals surface area contributed by atoms with Crippen LogP contribution < -0.4 is 5.32 Å². The Kier molecular flexibility index (Phi) is 5.83. The van der Waals surface area contributed by atoms with Gasteiger partial charge in [0, 0.05) is 45.6 Å². The number of aliphatic hydroxyl groups is 1. The van der Waals surface area contributed by atoms with Gasteiger partial charge in [0.05, 0.1) is 19.6 Å². The highest BCUT2D eigenvalue weighted by atomic mass is 19.4. The second kappa shape index (κ2) is 7.49. The number of alkyl halides is 3. The zero-order valence-electron chi connectivity index (χ0n) is 13.3. The lowest BCUT2D eigenvalue weighted by Crippen LogP contribution is -2.48. The maximum atomic E-state index is 13.3. The topological polar surface area (TPSA) is 79.6 Å². The van der Waals surface area contributed by atoms with E-state index in [1.807, 2.05) is 4.90 Å². The molecule has 10 heteroatoms. The van der Waals surface area contributed by atoms with E-state index in [1.165, 1.54) is 13.2 Å². The van der Waals surface area contributed by atoms with Gasteiger partial charge in [-0.1, -0.05) is 0 Å². The van der Waals surface area contributed by atoms with Gasteiger partial charge in [0.25, 0.3) is 0 Å². The molecule has 1 saturated heterocycles. The first-order chi connectivity index (χ1) is 11.2. The first-order valence-corrected chi connectivity index (χ1v) is 7.58. The van der Waals surface area contributed by atoms with Crippen molar-refractivity contribution in [3.8, 4) is 0 Å². The van der Waals surface area contributed by atoms with E-state index in [2.05, 4.69) is 10.3 Å². The zero-order chi connectivity index (χ0) is 17.8. The van der Waals surface area contributed by atoms with Crippen LogP contribution in [0.5, 0.6) is 0 Å². The SMILES string of the molecule is Cn1ccnc1[C@@](O)(CC(=O)NCCN1CCOCC1)C(F)(F)F. The molecular weight excluding hydrogens is 329 g/mol. The van der Waals surface area contributed by atoms with E-state index in [9.17, 15) is 23.1 Å². The van der Waals surface area contributed by atoms with E-state index >= 15 is 0 Å². The van der Waals surface area contributed by atoms with Gasteiger partial charge in [-0.2, -0.15) is 13.2 Å². The van der Waals surface area contributed by atoms with Crippen molar-refractivity contribution in [3.63, 3.8) is 0 Å². The van der Waals surface area contributed by atoms with Crippen molar-refractivity contribution >= 4 is 5.91 Å². The lowest BCUT2D eigenvalue weighted by Gasteiger charge is -2.30. The number of ether oxygens (including phenoxy) is 1. The van der Waals surface area contributed by atoms with Crippen LogP contribution in [0.15, 0.2) is 12.4 Å². The Morgan fingerprint density at radius 2 is 2.08 bits per heavy atom. The van der Waals surface area contributed by atoms with Crippen molar-refractivity contribution < 1.29 is 27.8 Å². The lowest BCUT2D eigenvalue weighted by molar-refractivity contribution is -0.271. The van der Waals surface area contributed by atoms with Crippen LogP contribution in [0.25, 0.3) is 0 Å². The van der Waals surface area contributed by atoms with Crippen LogP contribution in [0.1, 0.15) is 12.2 Å². The summed E-state index contributed by atoms with van der Waals surface area (Å²) in [6.07, 6.45) is -3.73. The highest BCUT2D eigenvalue weighted by molar-refractivity contribution is 5.77. The molecule has 0 unspecified atom stereocenters.